The quantitative estimate of drug-likeness (QED) is 0.712. The minimum absolute atomic E-state index is 0.122. The summed E-state index contributed by atoms with van der Waals surface area (Å²) < 4.78 is 26.8. The van der Waals surface area contributed by atoms with Gasteiger partial charge in [-0.25, -0.2) is 13.8 Å². The molecule has 1 aromatic heterocycles. The predicted octanol–water partition coefficient (Wildman–Crippen LogP) is 4.96. The summed E-state index contributed by atoms with van der Waals surface area (Å²) in [7, 11) is 0. The highest BCUT2D eigenvalue weighted by Gasteiger charge is 2.11. The van der Waals surface area contributed by atoms with E-state index in [-0.39, 0.29) is 11.6 Å². The summed E-state index contributed by atoms with van der Waals surface area (Å²) >= 11 is 0. The molecule has 0 radical (unpaired) electrons. The summed E-state index contributed by atoms with van der Waals surface area (Å²) in [6.45, 7) is 4.77. The number of aromatic nitrogens is 2. The normalized spacial score (nSPS) is 10.6. The molecule has 0 aliphatic heterocycles. The first kappa shape index (κ1) is 16.8. The van der Waals surface area contributed by atoms with Crippen LogP contribution >= 0.6 is 0 Å². The van der Waals surface area contributed by atoms with Gasteiger partial charge in [-0.15, -0.1) is 0 Å². The van der Waals surface area contributed by atoms with Crippen LogP contribution in [0.3, 0.4) is 0 Å². The Bertz CT molecular complexity index is 883. The van der Waals surface area contributed by atoms with Gasteiger partial charge in [-0.2, -0.15) is 4.98 Å². The molecule has 0 aliphatic rings. The summed E-state index contributed by atoms with van der Waals surface area (Å²) in [4.78, 5) is 10.6. The van der Waals surface area contributed by atoms with Crippen molar-refractivity contribution in [3.05, 3.63) is 71.9 Å². The molecule has 0 fully saturated rings. The number of benzene rings is 2. The molecular formula is C19H18F2N4. The van der Waals surface area contributed by atoms with Crippen LogP contribution in [0.15, 0.2) is 54.7 Å². The van der Waals surface area contributed by atoms with E-state index in [1.807, 2.05) is 36.9 Å². The lowest BCUT2D eigenvalue weighted by atomic mass is 10.2. The van der Waals surface area contributed by atoms with Gasteiger partial charge in [-0.1, -0.05) is 12.1 Å². The number of anilines is 4. The molecule has 0 atom stereocenters. The molecule has 0 aliphatic carbocycles. The van der Waals surface area contributed by atoms with E-state index in [1.165, 1.54) is 12.1 Å². The SMILES string of the molecule is CCN(c1cccc(C)c1)c1ccnc(Nc2ccc(F)cc2F)n1. The predicted molar refractivity (Wildman–Crippen MR) is 95.5 cm³/mol. The van der Waals surface area contributed by atoms with Crippen molar-refractivity contribution in [1.82, 2.24) is 9.97 Å². The van der Waals surface area contributed by atoms with Gasteiger partial charge in [0.1, 0.15) is 17.5 Å². The highest BCUT2D eigenvalue weighted by molar-refractivity contribution is 5.62. The van der Waals surface area contributed by atoms with Crippen LogP contribution in [0.25, 0.3) is 0 Å². The second kappa shape index (κ2) is 7.25. The maximum atomic E-state index is 13.8. The van der Waals surface area contributed by atoms with Crippen molar-refractivity contribution in [2.75, 3.05) is 16.8 Å². The third-order valence-electron chi connectivity index (χ3n) is 3.72. The van der Waals surface area contributed by atoms with Crippen molar-refractivity contribution < 1.29 is 8.78 Å². The zero-order valence-corrected chi connectivity index (χ0v) is 14.0. The van der Waals surface area contributed by atoms with Gasteiger partial charge in [0.15, 0.2) is 0 Å². The Morgan fingerprint density at radius 3 is 2.64 bits per heavy atom. The third kappa shape index (κ3) is 3.91. The molecule has 1 N–H and O–H groups in total. The van der Waals surface area contributed by atoms with Crippen LogP contribution in [0.4, 0.5) is 31.9 Å². The van der Waals surface area contributed by atoms with Crippen LogP contribution in [0, 0.1) is 18.6 Å². The molecule has 1 heterocycles. The van der Waals surface area contributed by atoms with Gasteiger partial charge in [-0.3, -0.25) is 0 Å². The Hall–Kier alpha value is -3.02. The largest absolute Gasteiger partial charge is 0.326 e. The zero-order chi connectivity index (χ0) is 17.8. The average molecular weight is 340 g/mol. The molecular weight excluding hydrogens is 322 g/mol. The van der Waals surface area contributed by atoms with E-state index in [9.17, 15) is 8.78 Å². The molecule has 3 rings (SSSR count). The highest BCUT2D eigenvalue weighted by atomic mass is 19.1. The first-order valence-corrected chi connectivity index (χ1v) is 7.96. The van der Waals surface area contributed by atoms with Crippen molar-refractivity contribution in [2.45, 2.75) is 13.8 Å². The van der Waals surface area contributed by atoms with Gasteiger partial charge in [0, 0.05) is 24.5 Å². The third-order valence-corrected chi connectivity index (χ3v) is 3.72. The lowest BCUT2D eigenvalue weighted by Gasteiger charge is -2.22. The van der Waals surface area contributed by atoms with Crippen molar-refractivity contribution in [2.24, 2.45) is 0 Å². The van der Waals surface area contributed by atoms with Crippen molar-refractivity contribution >= 4 is 23.1 Å². The Morgan fingerprint density at radius 2 is 1.92 bits per heavy atom. The van der Waals surface area contributed by atoms with Gasteiger partial charge in [0.25, 0.3) is 0 Å². The second-order valence-corrected chi connectivity index (χ2v) is 5.57. The minimum atomic E-state index is -0.694. The van der Waals surface area contributed by atoms with Crippen molar-refractivity contribution in [3.8, 4) is 0 Å². The van der Waals surface area contributed by atoms with Crippen LogP contribution in [-0.4, -0.2) is 16.5 Å². The number of hydrogen-bond donors (Lipinski definition) is 1. The van der Waals surface area contributed by atoms with Crippen LogP contribution in [0.5, 0.6) is 0 Å². The standard InChI is InChI=1S/C19H18F2N4/c1-3-25(15-6-4-5-13(2)11-15)18-9-10-22-19(24-18)23-17-8-7-14(20)12-16(17)21/h4-12H,3H2,1-2H3,(H,22,23,24). The van der Waals surface area contributed by atoms with E-state index in [0.29, 0.717) is 12.4 Å². The van der Waals surface area contributed by atoms with E-state index < -0.39 is 11.6 Å². The first-order valence-electron chi connectivity index (χ1n) is 7.96. The van der Waals surface area contributed by atoms with Crippen molar-refractivity contribution in [1.29, 1.82) is 0 Å². The van der Waals surface area contributed by atoms with E-state index in [2.05, 4.69) is 21.4 Å². The Balaban J connectivity index is 1.90. The average Bonchev–Trinajstić information content (AvgIpc) is 2.59. The lowest BCUT2D eigenvalue weighted by molar-refractivity contribution is 0.586. The maximum Gasteiger partial charge on any atom is 0.229 e. The van der Waals surface area contributed by atoms with Crippen LogP contribution in [0.1, 0.15) is 12.5 Å². The molecule has 0 amide bonds. The zero-order valence-electron chi connectivity index (χ0n) is 14.0. The van der Waals surface area contributed by atoms with Gasteiger partial charge in [0.05, 0.1) is 5.69 Å². The van der Waals surface area contributed by atoms with Gasteiger partial charge in [-0.05, 0) is 49.7 Å². The summed E-state index contributed by atoms with van der Waals surface area (Å²) in [5, 5.41) is 2.79. The van der Waals surface area contributed by atoms with Gasteiger partial charge < -0.3 is 10.2 Å². The maximum absolute atomic E-state index is 13.8. The molecule has 6 heteroatoms. The van der Waals surface area contributed by atoms with Crippen LogP contribution < -0.4 is 10.2 Å². The number of halogens is 2. The monoisotopic (exact) mass is 340 g/mol. The number of hydrogen-bond acceptors (Lipinski definition) is 4. The number of aryl methyl sites for hydroxylation is 1. The van der Waals surface area contributed by atoms with E-state index in [1.54, 1.807) is 12.3 Å². The number of nitrogens with zero attached hydrogens (tertiary/aromatic N) is 3. The smallest absolute Gasteiger partial charge is 0.229 e. The Labute approximate surface area is 145 Å². The number of nitrogens with one attached hydrogen (secondary N) is 1. The topological polar surface area (TPSA) is 41.1 Å². The second-order valence-electron chi connectivity index (χ2n) is 5.57. The fraction of sp³-hybridized carbons (Fsp3) is 0.158. The molecule has 3 aromatic rings. The van der Waals surface area contributed by atoms with Gasteiger partial charge >= 0.3 is 0 Å². The summed E-state index contributed by atoms with van der Waals surface area (Å²) in [5.74, 6) is -0.392. The Kier molecular flexibility index (Phi) is 4.88. The molecule has 4 nitrogen and oxygen atoms in total. The molecule has 128 valence electrons. The van der Waals surface area contributed by atoms with Crippen molar-refractivity contribution in [3.63, 3.8) is 0 Å². The fourth-order valence-electron chi connectivity index (χ4n) is 2.54. The minimum Gasteiger partial charge on any atom is -0.326 e. The summed E-state index contributed by atoms with van der Waals surface area (Å²) in [6.07, 6.45) is 1.60. The Morgan fingerprint density at radius 1 is 1.08 bits per heavy atom. The van der Waals surface area contributed by atoms with E-state index in [0.717, 1.165) is 17.3 Å². The lowest BCUT2D eigenvalue weighted by Crippen LogP contribution is -2.18. The number of rotatable bonds is 5. The molecule has 0 saturated heterocycles. The van der Waals surface area contributed by atoms with Crippen LogP contribution in [-0.2, 0) is 0 Å². The highest BCUT2D eigenvalue weighted by Crippen LogP contribution is 2.25. The van der Waals surface area contributed by atoms with E-state index in [4.69, 9.17) is 0 Å². The van der Waals surface area contributed by atoms with Gasteiger partial charge in [0.2, 0.25) is 5.95 Å². The summed E-state index contributed by atoms with van der Waals surface area (Å²) in [6, 6.07) is 13.2. The molecule has 0 spiro atoms. The molecule has 25 heavy (non-hydrogen) atoms. The molecule has 0 unspecified atom stereocenters. The van der Waals surface area contributed by atoms with E-state index >= 15 is 0 Å². The molecule has 0 bridgehead atoms. The summed E-state index contributed by atoms with van der Waals surface area (Å²) in [5.41, 5.74) is 2.29. The fourth-order valence-corrected chi connectivity index (χ4v) is 2.54. The molecule has 0 saturated carbocycles. The first-order chi connectivity index (χ1) is 12.1. The molecule has 2 aromatic carbocycles. The van der Waals surface area contributed by atoms with Crippen LogP contribution in [0.2, 0.25) is 0 Å².